The zero-order valence-electron chi connectivity index (χ0n) is 12.8. The van der Waals surface area contributed by atoms with Crippen molar-refractivity contribution in [1.82, 2.24) is 14.7 Å². The Hall–Kier alpha value is -1.85. The summed E-state index contributed by atoms with van der Waals surface area (Å²) in [5.41, 5.74) is 2.18. The molecule has 1 amide bonds. The van der Waals surface area contributed by atoms with E-state index in [2.05, 4.69) is 5.10 Å². The van der Waals surface area contributed by atoms with E-state index < -0.39 is 5.97 Å². The van der Waals surface area contributed by atoms with Gasteiger partial charge in [-0.15, -0.1) is 0 Å². The van der Waals surface area contributed by atoms with Crippen molar-refractivity contribution in [3.05, 3.63) is 17.0 Å². The quantitative estimate of drug-likeness (QED) is 0.913. The summed E-state index contributed by atoms with van der Waals surface area (Å²) in [5.74, 6) is -0.802. The number of carboxylic acids is 1. The predicted octanol–water partition coefficient (Wildman–Crippen LogP) is 1.53. The van der Waals surface area contributed by atoms with E-state index in [4.69, 9.17) is 5.11 Å². The SMILES string of the molecule is Cc1nn(CC(=O)N2CCCCCC2)c(C)c1CC(=O)O. The van der Waals surface area contributed by atoms with E-state index >= 15 is 0 Å². The molecule has 0 bridgehead atoms. The second-order valence-electron chi connectivity index (χ2n) is 5.67. The van der Waals surface area contributed by atoms with Crippen LogP contribution in [-0.4, -0.2) is 44.8 Å². The fourth-order valence-electron chi connectivity index (χ4n) is 2.84. The lowest BCUT2D eigenvalue weighted by Gasteiger charge is -2.20. The van der Waals surface area contributed by atoms with Crippen LogP contribution < -0.4 is 0 Å². The topological polar surface area (TPSA) is 75.4 Å². The van der Waals surface area contributed by atoms with Crippen LogP contribution in [0.1, 0.15) is 42.6 Å². The van der Waals surface area contributed by atoms with E-state index in [1.807, 2.05) is 11.8 Å². The Morgan fingerprint density at radius 1 is 1.14 bits per heavy atom. The first-order chi connectivity index (χ1) is 9.99. The number of hydrogen-bond acceptors (Lipinski definition) is 3. The zero-order valence-corrected chi connectivity index (χ0v) is 12.8. The number of nitrogens with zero attached hydrogens (tertiary/aromatic N) is 3. The van der Waals surface area contributed by atoms with Crippen molar-refractivity contribution in [3.63, 3.8) is 0 Å². The molecule has 2 heterocycles. The molecule has 1 aromatic rings. The van der Waals surface area contributed by atoms with Gasteiger partial charge >= 0.3 is 5.97 Å². The summed E-state index contributed by atoms with van der Waals surface area (Å²) in [4.78, 5) is 25.1. The molecule has 1 saturated heterocycles. The number of hydrogen-bond donors (Lipinski definition) is 1. The molecule has 0 aliphatic carbocycles. The van der Waals surface area contributed by atoms with Crippen molar-refractivity contribution >= 4 is 11.9 Å². The number of rotatable bonds is 4. The summed E-state index contributed by atoms with van der Waals surface area (Å²) in [7, 11) is 0. The molecule has 0 radical (unpaired) electrons. The van der Waals surface area contributed by atoms with Gasteiger partial charge in [-0.25, -0.2) is 0 Å². The zero-order chi connectivity index (χ0) is 15.4. The van der Waals surface area contributed by atoms with Gasteiger partial charge in [0.2, 0.25) is 5.91 Å². The Kier molecular flexibility index (Phi) is 4.98. The molecular formula is C15H23N3O3. The van der Waals surface area contributed by atoms with Crippen LogP contribution in [0.4, 0.5) is 0 Å². The van der Waals surface area contributed by atoms with E-state index in [1.54, 1.807) is 11.6 Å². The van der Waals surface area contributed by atoms with Crippen molar-refractivity contribution in [2.24, 2.45) is 0 Å². The molecule has 1 aliphatic rings. The highest BCUT2D eigenvalue weighted by Crippen LogP contribution is 2.15. The van der Waals surface area contributed by atoms with Gasteiger partial charge in [0, 0.05) is 24.3 Å². The lowest BCUT2D eigenvalue weighted by atomic mass is 10.1. The van der Waals surface area contributed by atoms with Crippen molar-refractivity contribution in [2.75, 3.05) is 13.1 Å². The molecule has 0 spiro atoms. The molecule has 0 saturated carbocycles. The normalized spacial score (nSPS) is 15.8. The lowest BCUT2D eigenvalue weighted by Crippen LogP contribution is -2.35. The molecular weight excluding hydrogens is 270 g/mol. The Balaban J connectivity index is 2.08. The molecule has 0 atom stereocenters. The number of carbonyl (C=O) groups excluding carboxylic acids is 1. The minimum Gasteiger partial charge on any atom is -0.481 e. The second kappa shape index (κ2) is 6.74. The molecule has 1 aromatic heterocycles. The summed E-state index contributed by atoms with van der Waals surface area (Å²) in [6.07, 6.45) is 4.45. The number of aryl methyl sites for hydroxylation is 1. The summed E-state index contributed by atoms with van der Waals surface area (Å²) >= 11 is 0. The Morgan fingerprint density at radius 3 is 2.33 bits per heavy atom. The van der Waals surface area contributed by atoms with Crippen LogP contribution in [-0.2, 0) is 22.6 Å². The van der Waals surface area contributed by atoms with Crippen LogP contribution in [0.2, 0.25) is 0 Å². The van der Waals surface area contributed by atoms with E-state index in [0.29, 0.717) is 11.3 Å². The molecule has 0 aromatic carbocycles. The van der Waals surface area contributed by atoms with E-state index in [0.717, 1.165) is 31.6 Å². The number of likely N-dealkylation sites (tertiary alicyclic amines) is 1. The summed E-state index contributed by atoms with van der Waals surface area (Å²) in [6, 6.07) is 0. The highest BCUT2D eigenvalue weighted by Gasteiger charge is 2.19. The maximum absolute atomic E-state index is 12.4. The maximum atomic E-state index is 12.4. The van der Waals surface area contributed by atoms with Gasteiger partial charge in [0.15, 0.2) is 0 Å². The average Bonchev–Trinajstić information content (AvgIpc) is 2.66. The molecule has 2 rings (SSSR count). The van der Waals surface area contributed by atoms with Gasteiger partial charge in [-0.05, 0) is 26.7 Å². The Bertz CT molecular complexity index is 529. The van der Waals surface area contributed by atoms with Crippen LogP contribution in [0.5, 0.6) is 0 Å². The lowest BCUT2D eigenvalue weighted by molar-refractivity contribution is -0.136. The molecule has 116 valence electrons. The molecule has 1 aliphatic heterocycles. The van der Waals surface area contributed by atoms with Crippen molar-refractivity contribution in [1.29, 1.82) is 0 Å². The summed E-state index contributed by atoms with van der Waals surface area (Å²) in [6.45, 7) is 5.46. The van der Waals surface area contributed by atoms with Gasteiger partial charge in [-0.3, -0.25) is 14.3 Å². The second-order valence-corrected chi connectivity index (χ2v) is 5.67. The van der Waals surface area contributed by atoms with Crippen LogP contribution in [0.3, 0.4) is 0 Å². The van der Waals surface area contributed by atoms with E-state index in [1.165, 1.54) is 12.8 Å². The van der Waals surface area contributed by atoms with Gasteiger partial charge in [-0.2, -0.15) is 5.10 Å². The Morgan fingerprint density at radius 2 is 1.76 bits per heavy atom. The molecule has 1 N–H and O–H groups in total. The number of carbonyl (C=O) groups is 2. The number of aliphatic carboxylic acids is 1. The van der Waals surface area contributed by atoms with Crippen molar-refractivity contribution < 1.29 is 14.7 Å². The summed E-state index contributed by atoms with van der Waals surface area (Å²) in [5, 5.41) is 13.3. The number of amides is 1. The van der Waals surface area contributed by atoms with Crippen LogP contribution in [0.25, 0.3) is 0 Å². The predicted molar refractivity (Wildman–Crippen MR) is 78.1 cm³/mol. The van der Waals surface area contributed by atoms with Crippen molar-refractivity contribution in [2.45, 2.75) is 52.5 Å². The van der Waals surface area contributed by atoms with E-state index in [-0.39, 0.29) is 18.9 Å². The summed E-state index contributed by atoms with van der Waals surface area (Å²) < 4.78 is 1.64. The van der Waals surface area contributed by atoms with Gasteiger partial charge in [-0.1, -0.05) is 12.8 Å². The monoisotopic (exact) mass is 293 g/mol. The van der Waals surface area contributed by atoms with Gasteiger partial charge in [0.1, 0.15) is 6.54 Å². The Labute approximate surface area is 124 Å². The largest absolute Gasteiger partial charge is 0.481 e. The van der Waals surface area contributed by atoms with Crippen LogP contribution in [0, 0.1) is 13.8 Å². The molecule has 0 unspecified atom stereocenters. The first-order valence-corrected chi connectivity index (χ1v) is 7.51. The number of aromatic nitrogens is 2. The van der Waals surface area contributed by atoms with Crippen molar-refractivity contribution in [3.8, 4) is 0 Å². The van der Waals surface area contributed by atoms with Gasteiger partial charge in [0.25, 0.3) is 0 Å². The van der Waals surface area contributed by atoms with Gasteiger partial charge in [0.05, 0.1) is 12.1 Å². The molecule has 6 nitrogen and oxygen atoms in total. The third-order valence-corrected chi connectivity index (χ3v) is 4.10. The van der Waals surface area contributed by atoms with Crippen LogP contribution >= 0.6 is 0 Å². The fourth-order valence-corrected chi connectivity index (χ4v) is 2.84. The molecule has 21 heavy (non-hydrogen) atoms. The minimum absolute atomic E-state index is 0.0461. The maximum Gasteiger partial charge on any atom is 0.307 e. The molecule has 1 fully saturated rings. The van der Waals surface area contributed by atoms with Gasteiger partial charge < -0.3 is 10.0 Å². The highest BCUT2D eigenvalue weighted by molar-refractivity contribution is 5.76. The third-order valence-electron chi connectivity index (χ3n) is 4.10. The number of carboxylic acid groups (broad SMARTS) is 1. The van der Waals surface area contributed by atoms with E-state index in [9.17, 15) is 9.59 Å². The third kappa shape index (κ3) is 3.83. The average molecular weight is 293 g/mol. The highest BCUT2D eigenvalue weighted by atomic mass is 16.4. The van der Waals surface area contributed by atoms with Crippen LogP contribution in [0.15, 0.2) is 0 Å². The smallest absolute Gasteiger partial charge is 0.307 e. The minimum atomic E-state index is -0.875. The fraction of sp³-hybridized carbons (Fsp3) is 0.667. The first-order valence-electron chi connectivity index (χ1n) is 7.51. The first kappa shape index (κ1) is 15.5. The molecule has 6 heteroatoms. The standard InChI is InChI=1S/C15H23N3O3/c1-11-13(9-15(20)21)12(2)18(16-11)10-14(19)17-7-5-3-4-6-8-17/h3-10H2,1-2H3,(H,20,21).